The fraction of sp³-hybridized carbons (Fsp3) is 0.526. The molecule has 0 aliphatic heterocycles. The molecular weight excluding hydrogens is 284 g/mol. The van der Waals surface area contributed by atoms with Gasteiger partial charge in [0.1, 0.15) is 8.07 Å². The summed E-state index contributed by atoms with van der Waals surface area (Å²) in [5.74, 6) is 0. The number of aryl methyl sites for hydroxylation is 2. The first kappa shape index (κ1) is 17.0. The Kier molecular flexibility index (Phi) is 4.40. The number of hydrogen-bond acceptors (Lipinski definition) is 1. The smallest absolute Gasteiger partial charge is 0.131 e. The van der Waals surface area contributed by atoms with E-state index in [-0.39, 0.29) is 0 Å². The highest BCUT2D eigenvalue weighted by molar-refractivity contribution is 6.91. The highest BCUT2D eigenvalue weighted by Gasteiger charge is 2.40. The van der Waals surface area contributed by atoms with Crippen molar-refractivity contribution >= 4 is 13.5 Å². The second kappa shape index (κ2) is 5.69. The van der Waals surface area contributed by atoms with Crippen molar-refractivity contribution in [1.82, 2.24) is 9.55 Å². The Labute approximate surface area is 136 Å². The SMILES string of the molecule is Cc1ccc(Cc2cnc([Si](C)(C)C(C)(C)C)n2C)cc1C. The molecule has 2 rings (SSSR count). The third kappa shape index (κ3) is 3.05. The summed E-state index contributed by atoms with van der Waals surface area (Å²) < 4.78 is 2.34. The normalized spacial score (nSPS) is 12.7. The van der Waals surface area contributed by atoms with E-state index >= 15 is 0 Å². The van der Waals surface area contributed by atoms with Gasteiger partial charge in [0, 0.05) is 25.4 Å². The minimum Gasteiger partial charge on any atom is -0.339 e. The number of aromatic nitrogens is 2. The second-order valence-electron chi connectivity index (χ2n) is 8.10. The van der Waals surface area contributed by atoms with Crippen molar-refractivity contribution < 1.29 is 0 Å². The lowest BCUT2D eigenvalue weighted by Crippen LogP contribution is -2.53. The van der Waals surface area contributed by atoms with Crippen molar-refractivity contribution in [2.75, 3.05) is 0 Å². The summed E-state index contributed by atoms with van der Waals surface area (Å²) in [6.07, 6.45) is 3.03. The van der Waals surface area contributed by atoms with Gasteiger partial charge in [-0.2, -0.15) is 0 Å². The van der Waals surface area contributed by atoms with Crippen LogP contribution in [0, 0.1) is 13.8 Å². The Hall–Kier alpha value is -1.35. The molecule has 0 atom stereocenters. The number of nitrogens with zero attached hydrogens (tertiary/aromatic N) is 2. The monoisotopic (exact) mass is 314 g/mol. The van der Waals surface area contributed by atoms with E-state index in [1.54, 1.807) is 0 Å². The van der Waals surface area contributed by atoms with E-state index < -0.39 is 8.07 Å². The van der Waals surface area contributed by atoms with E-state index in [0.717, 1.165) is 6.42 Å². The molecule has 0 aliphatic carbocycles. The largest absolute Gasteiger partial charge is 0.339 e. The molecule has 2 aromatic rings. The van der Waals surface area contributed by atoms with Crippen molar-refractivity contribution in [1.29, 1.82) is 0 Å². The quantitative estimate of drug-likeness (QED) is 0.770. The van der Waals surface area contributed by atoms with Gasteiger partial charge in [0.05, 0.1) is 5.45 Å². The van der Waals surface area contributed by atoms with Gasteiger partial charge in [0.25, 0.3) is 0 Å². The fourth-order valence-electron chi connectivity index (χ4n) is 2.65. The van der Waals surface area contributed by atoms with Crippen LogP contribution < -0.4 is 5.45 Å². The van der Waals surface area contributed by atoms with Crippen LogP contribution in [0.5, 0.6) is 0 Å². The Morgan fingerprint density at radius 2 is 1.73 bits per heavy atom. The lowest BCUT2D eigenvalue weighted by atomic mass is 10.0. The Morgan fingerprint density at radius 3 is 2.27 bits per heavy atom. The summed E-state index contributed by atoms with van der Waals surface area (Å²) in [5, 5.41) is 0.309. The van der Waals surface area contributed by atoms with Crippen LogP contribution in [0.3, 0.4) is 0 Å². The zero-order chi connectivity index (χ0) is 16.7. The zero-order valence-corrected chi connectivity index (χ0v) is 16.4. The van der Waals surface area contributed by atoms with Gasteiger partial charge in [-0.05, 0) is 35.6 Å². The van der Waals surface area contributed by atoms with E-state index in [0.29, 0.717) is 5.04 Å². The van der Waals surface area contributed by atoms with Gasteiger partial charge in [0.15, 0.2) is 0 Å². The topological polar surface area (TPSA) is 17.8 Å². The van der Waals surface area contributed by atoms with E-state index in [4.69, 9.17) is 4.98 Å². The molecule has 0 amide bonds. The van der Waals surface area contributed by atoms with Gasteiger partial charge in [0.2, 0.25) is 0 Å². The molecule has 0 radical (unpaired) electrons. The van der Waals surface area contributed by atoms with Crippen molar-refractivity contribution in [3.8, 4) is 0 Å². The minimum absolute atomic E-state index is 0.309. The first-order valence-corrected chi connectivity index (χ1v) is 11.1. The molecular formula is C19H30N2Si. The summed E-state index contributed by atoms with van der Waals surface area (Å²) >= 11 is 0. The third-order valence-electron chi connectivity index (χ3n) is 5.47. The number of benzene rings is 1. The lowest BCUT2D eigenvalue weighted by Gasteiger charge is -2.36. The van der Waals surface area contributed by atoms with Crippen molar-refractivity contribution in [3.05, 3.63) is 46.8 Å². The van der Waals surface area contributed by atoms with Gasteiger partial charge >= 0.3 is 0 Å². The molecule has 0 bridgehead atoms. The van der Waals surface area contributed by atoms with Gasteiger partial charge in [-0.3, -0.25) is 0 Å². The minimum atomic E-state index is -1.59. The Balaban J connectivity index is 2.34. The predicted octanol–water partition coefficient (Wildman–Crippen LogP) is 4.34. The summed E-state index contributed by atoms with van der Waals surface area (Å²) in [6.45, 7) is 16.2. The van der Waals surface area contributed by atoms with E-state index in [9.17, 15) is 0 Å². The maximum absolute atomic E-state index is 4.81. The van der Waals surface area contributed by atoms with Crippen molar-refractivity contribution in [3.63, 3.8) is 0 Å². The van der Waals surface area contributed by atoms with Gasteiger partial charge < -0.3 is 4.57 Å². The van der Waals surface area contributed by atoms with Crippen LogP contribution in [-0.2, 0) is 13.5 Å². The molecule has 3 heteroatoms. The molecule has 120 valence electrons. The molecule has 1 aromatic heterocycles. The Morgan fingerprint density at radius 1 is 1.09 bits per heavy atom. The van der Waals surface area contributed by atoms with Crippen LogP contribution in [0.4, 0.5) is 0 Å². The average molecular weight is 315 g/mol. The maximum atomic E-state index is 4.81. The number of hydrogen-bond donors (Lipinski definition) is 0. The molecule has 0 N–H and O–H groups in total. The van der Waals surface area contributed by atoms with E-state index in [2.05, 4.69) is 83.7 Å². The standard InChI is InChI=1S/C19H30N2Si/c1-14-9-10-16(11-15(14)2)12-17-13-20-18(21(17)6)22(7,8)19(3,4)5/h9-11,13H,12H2,1-8H3. The van der Waals surface area contributed by atoms with Crippen LogP contribution in [0.25, 0.3) is 0 Å². The van der Waals surface area contributed by atoms with Crippen LogP contribution in [0.15, 0.2) is 24.4 Å². The highest BCUT2D eigenvalue weighted by Crippen LogP contribution is 2.35. The molecule has 1 heterocycles. The average Bonchev–Trinajstić information content (AvgIpc) is 2.75. The molecule has 0 spiro atoms. The first-order valence-electron chi connectivity index (χ1n) is 8.11. The third-order valence-corrected chi connectivity index (χ3v) is 10.8. The molecule has 0 saturated carbocycles. The van der Waals surface area contributed by atoms with Crippen LogP contribution >= 0.6 is 0 Å². The molecule has 0 unspecified atom stereocenters. The molecule has 22 heavy (non-hydrogen) atoms. The number of rotatable bonds is 3. The van der Waals surface area contributed by atoms with Crippen molar-refractivity contribution in [2.24, 2.45) is 7.05 Å². The first-order chi connectivity index (χ1) is 10.0. The van der Waals surface area contributed by atoms with E-state index in [1.807, 2.05) is 0 Å². The molecule has 0 fully saturated rings. The van der Waals surface area contributed by atoms with Crippen molar-refractivity contribution in [2.45, 2.75) is 59.2 Å². The van der Waals surface area contributed by atoms with Gasteiger partial charge in [-0.1, -0.05) is 52.1 Å². The maximum Gasteiger partial charge on any atom is 0.131 e. The molecule has 0 saturated heterocycles. The van der Waals surface area contributed by atoms with Gasteiger partial charge in [-0.15, -0.1) is 0 Å². The molecule has 2 nitrogen and oxygen atoms in total. The summed E-state index contributed by atoms with van der Waals surface area (Å²) in [6, 6.07) is 6.76. The van der Waals surface area contributed by atoms with Crippen LogP contribution in [0.2, 0.25) is 18.1 Å². The lowest BCUT2D eigenvalue weighted by molar-refractivity contribution is 0.721. The predicted molar refractivity (Wildman–Crippen MR) is 98.8 cm³/mol. The van der Waals surface area contributed by atoms with Crippen LogP contribution in [0.1, 0.15) is 43.2 Å². The fourth-order valence-corrected chi connectivity index (χ4v) is 4.69. The highest BCUT2D eigenvalue weighted by atomic mass is 28.3. The molecule has 0 aliphatic rings. The summed E-state index contributed by atoms with van der Waals surface area (Å²) in [5.41, 5.74) is 6.70. The number of imidazole rings is 1. The van der Waals surface area contributed by atoms with Gasteiger partial charge in [-0.25, -0.2) is 4.98 Å². The second-order valence-corrected chi connectivity index (χ2v) is 13.3. The Bertz CT molecular complexity index is 675. The molecule has 1 aromatic carbocycles. The summed E-state index contributed by atoms with van der Waals surface area (Å²) in [4.78, 5) is 4.81. The van der Waals surface area contributed by atoms with Crippen LogP contribution in [-0.4, -0.2) is 17.6 Å². The van der Waals surface area contributed by atoms with E-state index in [1.165, 1.54) is 27.8 Å². The zero-order valence-electron chi connectivity index (χ0n) is 15.4. The summed E-state index contributed by atoms with van der Waals surface area (Å²) in [7, 11) is 0.590.